The first kappa shape index (κ1) is 24.7. The van der Waals surface area contributed by atoms with Crippen LogP contribution >= 0.6 is 0 Å². The SMILES string of the molecule is Cc1nn(Cc2cccc(C(=O)NCC(=O)N3CCC(C(=O)O)CC3)c2)c2ccc(/C(N)=N/O)cc12. The van der Waals surface area contributed by atoms with E-state index in [1.165, 1.54) is 0 Å². The molecular formula is C25H28N6O5. The summed E-state index contributed by atoms with van der Waals surface area (Å²) in [4.78, 5) is 37.8. The summed E-state index contributed by atoms with van der Waals surface area (Å²) < 4.78 is 1.82. The highest BCUT2D eigenvalue weighted by atomic mass is 16.4. The number of aliphatic carboxylic acids is 1. The van der Waals surface area contributed by atoms with Gasteiger partial charge in [0.05, 0.1) is 30.2 Å². The molecule has 11 heteroatoms. The summed E-state index contributed by atoms with van der Waals surface area (Å²) in [7, 11) is 0. The van der Waals surface area contributed by atoms with Crippen molar-refractivity contribution in [2.75, 3.05) is 19.6 Å². The Balaban J connectivity index is 1.40. The largest absolute Gasteiger partial charge is 0.481 e. The maximum atomic E-state index is 12.7. The average Bonchev–Trinajstić information content (AvgIpc) is 3.20. The topological polar surface area (TPSA) is 163 Å². The maximum Gasteiger partial charge on any atom is 0.306 e. The summed E-state index contributed by atoms with van der Waals surface area (Å²) in [6, 6.07) is 12.5. The number of aryl methyl sites for hydroxylation is 1. The molecule has 1 aliphatic rings. The van der Waals surface area contributed by atoms with E-state index in [4.69, 9.17) is 16.0 Å². The van der Waals surface area contributed by atoms with Crippen LogP contribution in [0, 0.1) is 12.8 Å². The Morgan fingerprint density at radius 1 is 1.14 bits per heavy atom. The van der Waals surface area contributed by atoms with Crippen LogP contribution in [0.25, 0.3) is 10.9 Å². The van der Waals surface area contributed by atoms with E-state index < -0.39 is 11.9 Å². The van der Waals surface area contributed by atoms with Crippen LogP contribution in [0.5, 0.6) is 0 Å². The molecule has 2 amide bonds. The highest BCUT2D eigenvalue weighted by Gasteiger charge is 2.27. The van der Waals surface area contributed by atoms with E-state index in [9.17, 15) is 14.4 Å². The quantitative estimate of drug-likeness (QED) is 0.168. The predicted octanol–water partition coefficient (Wildman–Crippen LogP) is 1.54. The Morgan fingerprint density at radius 2 is 1.89 bits per heavy atom. The van der Waals surface area contributed by atoms with E-state index in [-0.39, 0.29) is 24.2 Å². The molecule has 188 valence electrons. The van der Waals surface area contributed by atoms with Gasteiger partial charge in [-0.2, -0.15) is 5.10 Å². The third kappa shape index (κ3) is 5.29. The molecule has 1 aromatic heterocycles. The van der Waals surface area contributed by atoms with Crippen molar-refractivity contribution in [1.29, 1.82) is 0 Å². The zero-order valence-corrected chi connectivity index (χ0v) is 19.8. The lowest BCUT2D eigenvalue weighted by molar-refractivity contribution is -0.145. The summed E-state index contributed by atoms with van der Waals surface area (Å²) >= 11 is 0. The average molecular weight is 493 g/mol. The minimum absolute atomic E-state index is 0.0194. The van der Waals surface area contributed by atoms with Gasteiger partial charge in [-0.15, -0.1) is 0 Å². The monoisotopic (exact) mass is 492 g/mol. The lowest BCUT2D eigenvalue weighted by Crippen LogP contribution is -2.45. The fourth-order valence-electron chi connectivity index (χ4n) is 4.41. The minimum atomic E-state index is -0.834. The van der Waals surface area contributed by atoms with Gasteiger partial charge in [0.1, 0.15) is 0 Å². The third-order valence-corrected chi connectivity index (χ3v) is 6.46. The van der Waals surface area contributed by atoms with Crippen molar-refractivity contribution < 1.29 is 24.7 Å². The highest BCUT2D eigenvalue weighted by Crippen LogP contribution is 2.21. The summed E-state index contributed by atoms with van der Waals surface area (Å²) in [5, 5.41) is 29.2. The number of carbonyl (C=O) groups excluding carboxylic acids is 2. The van der Waals surface area contributed by atoms with Gasteiger partial charge < -0.3 is 26.3 Å². The molecule has 0 unspecified atom stereocenters. The first-order valence-electron chi connectivity index (χ1n) is 11.6. The Bertz CT molecular complexity index is 1340. The number of amides is 2. The third-order valence-electron chi connectivity index (χ3n) is 6.46. The fourth-order valence-corrected chi connectivity index (χ4v) is 4.41. The van der Waals surface area contributed by atoms with Gasteiger partial charge in [-0.1, -0.05) is 17.3 Å². The predicted molar refractivity (Wildman–Crippen MR) is 132 cm³/mol. The summed E-state index contributed by atoms with van der Waals surface area (Å²) in [5.41, 5.74) is 9.23. The van der Waals surface area contributed by atoms with E-state index in [0.717, 1.165) is 22.2 Å². The van der Waals surface area contributed by atoms with Crippen molar-refractivity contribution in [2.24, 2.45) is 16.8 Å². The van der Waals surface area contributed by atoms with E-state index in [1.54, 1.807) is 29.2 Å². The van der Waals surface area contributed by atoms with Crippen LogP contribution in [0.1, 0.15) is 40.0 Å². The van der Waals surface area contributed by atoms with Gasteiger partial charge in [0.25, 0.3) is 5.91 Å². The number of benzene rings is 2. The number of piperidine rings is 1. The molecule has 2 heterocycles. The van der Waals surface area contributed by atoms with Crippen LogP contribution in [0.2, 0.25) is 0 Å². The van der Waals surface area contributed by atoms with Gasteiger partial charge in [0, 0.05) is 29.6 Å². The number of carboxylic acid groups (broad SMARTS) is 1. The summed E-state index contributed by atoms with van der Waals surface area (Å²) in [6.07, 6.45) is 0.838. The number of rotatable bonds is 7. The minimum Gasteiger partial charge on any atom is -0.481 e. The second kappa shape index (κ2) is 10.5. The molecule has 0 spiro atoms. The van der Waals surface area contributed by atoms with Crippen molar-refractivity contribution in [3.8, 4) is 0 Å². The van der Waals surface area contributed by atoms with Gasteiger partial charge in [0.2, 0.25) is 5.91 Å². The molecule has 36 heavy (non-hydrogen) atoms. The first-order chi connectivity index (χ1) is 17.3. The number of fused-ring (bicyclic) bond motifs is 1. The van der Waals surface area contributed by atoms with Crippen LogP contribution in [0.15, 0.2) is 47.6 Å². The van der Waals surface area contributed by atoms with Crippen LogP contribution in [-0.4, -0.2) is 68.2 Å². The Kier molecular flexibility index (Phi) is 7.18. The van der Waals surface area contributed by atoms with Gasteiger partial charge in [0.15, 0.2) is 5.84 Å². The molecule has 5 N–H and O–H groups in total. The number of amidine groups is 1. The summed E-state index contributed by atoms with van der Waals surface area (Å²) in [6.45, 7) is 2.90. The van der Waals surface area contributed by atoms with Gasteiger partial charge in [-0.25, -0.2) is 0 Å². The normalized spacial score (nSPS) is 14.7. The van der Waals surface area contributed by atoms with Crippen molar-refractivity contribution in [3.05, 3.63) is 64.8 Å². The Morgan fingerprint density at radius 3 is 2.58 bits per heavy atom. The molecule has 0 radical (unpaired) electrons. The molecule has 0 bridgehead atoms. The van der Waals surface area contributed by atoms with Crippen LogP contribution in [0.4, 0.5) is 0 Å². The number of likely N-dealkylation sites (tertiary alicyclic amines) is 1. The second-order valence-corrected chi connectivity index (χ2v) is 8.84. The highest BCUT2D eigenvalue weighted by molar-refractivity contribution is 6.00. The molecule has 0 saturated carbocycles. The number of carboxylic acids is 1. The lowest BCUT2D eigenvalue weighted by atomic mass is 9.97. The van der Waals surface area contributed by atoms with Crippen molar-refractivity contribution in [1.82, 2.24) is 20.0 Å². The number of nitrogens with two attached hydrogens (primary N) is 1. The zero-order valence-electron chi connectivity index (χ0n) is 19.8. The number of nitrogens with zero attached hydrogens (tertiary/aromatic N) is 4. The van der Waals surface area contributed by atoms with Crippen molar-refractivity contribution >= 4 is 34.5 Å². The number of nitrogens with one attached hydrogen (secondary N) is 1. The maximum absolute atomic E-state index is 12.7. The molecule has 1 aliphatic heterocycles. The number of aromatic nitrogens is 2. The van der Waals surface area contributed by atoms with E-state index in [1.807, 2.05) is 29.8 Å². The van der Waals surface area contributed by atoms with Crippen molar-refractivity contribution in [3.63, 3.8) is 0 Å². The van der Waals surface area contributed by atoms with Gasteiger partial charge in [-0.3, -0.25) is 19.1 Å². The van der Waals surface area contributed by atoms with Gasteiger partial charge >= 0.3 is 5.97 Å². The van der Waals surface area contributed by atoms with E-state index in [2.05, 4.69) is 15.6 Å². The first-order valence-corrected chi connectivity index (χ1v) is 11.6. The van der Waals surface area contributed by atoms with E-state index >= 15 is 0 Å². The number of hydrogen-bond acceptors (Lipinski definition) is 6. The van der Waals surface area contributed by atoms with Gasteiger partial charge in [-0.05, 0) is 55.7 Å². The number of hydrogen-bond donors (Lipinski definition) is 4. The molecular weight excluding hydrogens is 464 g/mol. The molecule has 1 fully saturated rings. The van der Waals surface area contributed by atoms with Crippen LogP contribution < -0.4 is 11.1 Å². The smallest absolute Gasteiger partial charge is 0.306 e. The van der Waals surface area contributed by atoms with Crippen molar-refractivity contribution in [2.45, 2.75) is 26.3 Å². The van der Waals surface area contributed by atoms with Crippen LogP contribution in [0.3, 0.4) is 0 Å². The molecule has 11 nitrogen and oxygen atoms in total. The molecule has 2 aromatic carbocycles. The molecule has 0 aliphatic carbocycles. The lowest BCUT2D eigenvalue weighted by Gasteiger charge is -2.30. The number of carbonyl (C=O) groups is 3. The second-order valence-electron chi connectivity index (χ2n) is 8.84. The zero-order chi connectivity index (χ0) is 25.8. The Labute approximate surface area is 207 Å². The molecule has 1 saturated heterocycles. The summed E-state index contributed by atoms with van der Waals surface area (Å²) in [5.74, 6) is -1.83. The molecule has 4 rings (SSSR count). The molecule has 3 aromatic rings. The van der Waals surface area contributed by atoms with Crippen LogP contribution in [-0.2, 0) is 16.1 Å². The standard InChI is InChI=1S/C25H28N6O5/c1-15-20-12-18(23(26)29-36)5-6-21(20)31(28-15)14-16-3-2-4-19(11-16)24(33)27-13-22(32)30-9-7-17(8-10-30)25(34)35/h2-6,11-12,17,36H,7-10,13-14H2,1H3,(H2,26,29)(H,27,33)(H,34,35). The van der Waals surface area contributed by atoms with E-state index in [0.29, 0.717) is 43.6 Å². The fraction of sp³-hybridized carbons (Fsp3) is 0.320. The molecule has 0 atom stereocenters. The number of oxime groups is 1. The Hall–Kier alpha value is -4.41.